The van der Waals surface area contributed by atoms with E-state index in [1.807, 2.05) is 30.3 Å². The average Bonchev–Trinajstić information content (AvgIpc) is 2.17. The van der Waals surface area contributed by atoms with E-state index < -0.39 is 0 Å². The Bertz CT molecular complexity index is 458. The quantitative estimate of drug-likeness (QED) is 0.631. The molecule has 64 valence electrons. The Hall–Kier alpha value is -1.27. The summed E-state index contributed by atoms with van der Waals surface area (Å²) in [6.45, 7) is 3.73. The van der Waals surface area contributed by atoms with Gasteiger partial charge in [0.25, 0.3) is 0 Å². The SMILES string of the molecule is C=Cc1ccc2cc(Cl)ccc2c1. The number of hydrogen-bond donors (Lipinski definition) is 0. The zero-order valence-corrected chi connectivity index (χ0v) is 7.88. The van der Waals surface area contributed by atoms with Gasteiger partial charge in [0.15, 0.2) is 0 Å². The monoisotopic (exact) mass is 188 g/mol. The molecule has 0 aliphatic rings. The van der Waals surface area contributed by atoms with Crippen molar-refractivity contribution in [2.24, 2.45) is 0 Å². The molecule has 0 aliphatic carbocycles. The first-order chi connectivity index (χ1) is 6.29. The molecule has 0 amide bonds. The third-order valence-electron chi connectivity index (χ3n) is 2.06. The molecule has 0 aliphatic heterocycles. The lowest BCUT2D eigenvalue weighted by Gasteiger charge is -1.99. The van der Waals surface area contributed by atoms with Gasteiger partial charge in [-0.15, -0.1) is 0 Å². The first-order valence-electron chi connectivity index (χ1n) is 4.11. The van der Waals surface area contributed by atoms with Gasteiger partial charge in [0.05, 0.1) is 0 Å². The lowest BCUT2D eigenvalue weighted by molar-refractivity contribution is 1.71. The minimum Gasteiger partial charge on any atom is -0.0985 e. The predicted molar refractivity (Wildman–Crippen MR) is 59.0 cm³/mol. The molecule has 0 N–H and O–H groups in total. The Balaban J connectivity index is 2.73. The van der Waals surface area contributed by atoms with E-state index in [9.17, 15) is 0 Å². The molecule has 0 bridgehead atoms. The minimum atomic E-state index is 0.777. The molecule has 0 aromatic heterocycles. The summed E-state index contributed by atoms with van der Waals surface area (Å²) < 4.78 is 0. The lowest BCUT2D eigenvalue weighted by atomic mass is 10.1. The number of rotatable bonds is 1. The Labute approximate surface area is 82.5 Å². The third kappa shape index (κ3) is 1.58. The molecule has 1 heteroatoms. The zero-order valence-electron chi connectivity index (χ0n) is 7.13. The molecule has 0 heterocycles. The molecule has 0 radical (unpaired) electrons. The second kappa shape index (κ2) is 3.23. The summed E-state index contributed by atoms with van der Waals surface area (Å²) in [6.07, 6.45) is 1.84. The largest absolute Gasteiger partial charge is 0.0985 e. The fourth-order valence-corrected chi connectivity index (χ4v) is 1.54. The highest BCUT2D eigenvalue weighted by molar-refractivity contribution is 6.31. The van der Waals surface area contributed by atoms with Gasteiger partial charge < -0.3 is 0 Å². The highest BCUT2D eigenvalue weighted by Gasteiger charge is 1.94. The predicted octanol–water partition coefficient (Wildman–Crippen LogP) is 4.14. The first-order valence-corrected chi connectivity index (χ1v) is 4.49. The van der Waals surface area contributed by atoms with Crippen LogP contribution in [0.3, 0.4) is 0 Å². The van der Waals surface area contributed by atoms with E-state index in [4.69, 9.17) is 11.6 Å². The molecule has 0 fully saturated rings. The molecule has 0 atom stereocenters. The van der Waals surface area contributed by atoms with Crippen molar-refractivity contribution in [3.8, 4) is 0 Å². The van der Waals surface area contributed by atoms with Crippen molar-refractivity contribution in [3.05, 3.63) is 53.6 Å². The van der Waals surface area contributed by atoms with Crippen LogP contribution < -0.4 is 0 Å². The molecular formula is C12H9Cl. The van der Waals surface area contributed by atoms with Crippen LogP contribution >= 0.6 is 11.6 Å². The maximum Gasteiger partial charge on any atom is 0.0412 e. The number of hydrogen-bond acceptors (Lipinski definition) is 0. The Morgan fingerprint density at radius 3 is 2.46 bits per heavy atom. The van der Waals surface area contributed by atoms with E-state index in [0.29, 0.717) is 0 Å². The standard InChI is InChI=1S/C12H9Cl/c1-2-9-3-4-11-8-12(13)6-5-10(11)7-9/h2-8H,1H2. The Morgan fingerprint density at radius 1 is 1.00 bits per heavy atom. The highest BCUT2D eigenvalue weighted by Crippen LogP contribution is 2.20. The maximum atomic E-state index is 5.87. The van der Waals surface area contributed by atoms with Crippen molar-refractivity contribution in [2.75, 3.05) is 0 Å². The molecule has 0 nitrogen and oxygen atoms in total. The van der Waals surface area contributed by atoms with Crippen molar-refractivity contribution < 1.29 is 0 Å². The summed E-state index contributed by atoms with van der Waals surface area (Å²) in [5, 5.41) is 3.14. The normalized spacial score (nSPS) is 10.2. The van der Waals surface area contributed by atoms with Gasteiger partial charge in [-0.2, -0.15) is 0 Å². The van der Waals surface area contributed by atoms with Gasteiger partial charge in [0.1, 0.15) is 0 Å². The highest BCUT2D eigenvalue weighted by atomic mass is 35.5. The fraction of sp³-hybridized carbons (Fsp3) is 0. The molecule has 2 rings (SSSR count). The molecule has 2 aromatic rings. The third-order valence-corrected chi connectivity index (χ3v) is 2.30. The van der Waals surface area contributed by atoms with Gasteiger partial charge in [-0.3, -0.25) is 0 Å². The number of benzene rings is 2. The fourth-order valence-electron chi connectivity index (χ4n) is 1.36. The van der Waals surface area contributed by atoms with Crippen LogP contribution in [0.4, 0.5) is 0 Å². The molecule has 2 aromatic carbocycles. The van der Waals surface area contributed by atoms with Crippen LogP contribution in [0.5, 0.6) is 0 Å². The van der Waals surface area contributed by atoms with E-state index in [0.717, 1.165) is 16.0 Å². The van der Waals surface area contributed by atoms with Crippen molar-refractivity contribution in [1.29, 1.82) is 0 Å². The Kier molecular flexibility index (Phi) is 2.07. The van der Waals surface area contributed by atoms with E-state index in [1.54, 1.807) is 0 Å². The lowest BCUT2D eigenvalue weighted by Crippen LogP contribution is -1.75. The van der Waals surface area contributed by atoms with Crippen molar-refractivity contribution in [2.45, 2.75) is 0 Å². The molecule has 13 heavy (non-hydrogen) atoms. The molecule has 0 unspecified atom stereocenters. The molecule has 0 saturated carbocycles. The van der Waals surface area contributed by atoms with Crippen LogP contribution in [0.25, 0.3) is 16.8 Å². The van der Waals surface area contributed by atoms with Crippen LogP contribution in [0.2, 0.25) is 5.02 Å². The van der Waals surface area contributed by atoms with Crippen LogP contribution in [0.1, 0.15) is 5.56 Å². The summed E-state index contributed by atoms with van der Waals surface area (Å²) in [6, 6.07) is 12.1. The van der Waals surface area contributed by atoms with Crippen LogP contribution in [0.15, 0.2) is 43.0 Å². The van der Waals surface area contributed by atoms with Gasteiger partial charge in [-0.25, -0.2) is 0 Å². The second-order valence-corrected chi connectivity index (χ2v) is 3.39. The van der Waals surface area contributed by atoms with E-state index in [2.05, 4.69) is 18.7 Å². The van der Waals surface area contributed by atoms with E-state index in [-0.39, 0.29) is 0 Å². The molecule has 0 spiro atoms. The smallest absolute Gasteiger partial charge is 0.0412 e. The van der Waals surface area contributed by atoms with Gasteiger partial charge in [-0.1, -0.05) is 42.5 Å². The molecule has 0 saturated heterocycles. The summed E-state index contributed by atoms with van der Waals surface area (Å²) in [7, 11) is 0. The van der Waals surface area contributed by atoms with Gasteiger partial charge in [0, 0.05) is 5.02 Å². The molecular weight excluding hydrogens is 180 g/mol. The summed E-state index contributed by atoms with van der Waals surface area (Å²) in [4.78, 5) is 0. The topological polar surface area (TPSA) is 0 Å². The van der Waals surface area contributed by atoms with Crippen molar-refractivity contribution >= 4 is 28.4 Å². The van der Waals surface area contributed by atoms with E-state index >= 15 is 0 Å². The Morgan fingerprint density at radius 2 is 1.69 bits per heavy atom. The number of fused-ring (bicyclic) bond motifs is 1. The van der Waals surface area contributed by atoms with Crippen LogP contribution in [0, 0.1) is 0 Å². The zero-order chi connectivity index (χ0) is 9.26. The van der Waals surface area contributed by atoms with Gasteiger partial charge >= 0.3 is 0 Å². The van der Waals surface area contributed by atoms with E-state index in [1.165, 1.54) is 5.39 Å². The van der Waals surface area contributed by atoms with Crippen molar-refractivity contribution in [1.82, 2.24) is 0 Å². The second-order valence-electron chi connectivity index (χ2n) is 2.96. The minimum absolute atomic E-state index is 0.777. The summed E-state index contributed by atoms with van der Waals surface area (Å²) in [5.74, 6) is 0. The van der Waals surface area contributed by atoms with Crippen molar-refractivity contribution in [3.63, 3.8) is 0 Å². The maximum absolute atomic E-state index is 5.87. The van der Waals surface area contributed by atoms with Crippen LogP contribution in [-0.4, -0.2) is 0 Å². The number of halogens is 1. The summed E-state index contributed by atoms with van der Waals surface area (Å²) in [5.41, 5.74) is 1.13. The van der Waals surface area contributed by atoms with Crippen LogP contribution in [-0.2, 0) is 0 Å². The van der Waals surface area contributed by atoms with Gasteiger partial charge in [0.2, 0.25) is 0 Å². The van der Waals surface area contributed by atoms with Gasteiger partial charge in [-0.05, 0) is 34.5 Å². The average molecular weight is 189 g/mol. The first kappa shape index (κ1) is 8.33. The summed E-state index contributed by atoms with van der Waals surface area (Å²) >= 11 is 5.87.